The van der Waals surface area contributed by atoms with Crippen molar-refractivity contribution in [2.24, 2.45) is 0 Å². The van der Waals surface area contributed by atoms with E-state index in [1.165, 1.54) is 0 Å². The summed E-state index contributed by atoms with van der Waals surface area (Å²) in [6.45, 7) is 6.42. The normalized spacial score (nSPS) is 28.4. The van der Waals surface area contributed by atoms with Crippen LogP contribution in [0.4, 0.5) is 0 Å². The second-order valence-electron chi connectivity index (χ2n) is 4.98. The maximum absolute atomic E-state index is 12.1. The zero-order valence-corrected chi connectivity index (χ0v) is 10.5. The van der Waals surface area contributed by atoms with E-state index in [4.69, 9.17) is 4.74 Å². The monoisotopic (exact) mass is 242 g/mol. The highest BCUT2D eigenvalue weighted by Gasteiger charge is 2.30. The highest BCUT2D eigenvalue weighted by molar-refractivity contribution is 5.81. The third-order valence-corrected chi connectivity index (χ3v) is 3.41. The minimum absolute atomic E-state index is 0.152. The van der Waals surface area contributed by atoms with Crippen LogP contribution in [0.15, 0.2) is 0 Å². The van der Waals surface area contributed by atoms with Gasteiger partial charge in [0.25, 0.3) is 5.91 Å². The smallest absolute Gasteiger partial charge is 0.251 e. The first-order valence-corrected chi connectivity index (χ1v) is 6.47. The number of aliphatic hydroxyl groups is 1. The van der Waals surface area contributed by atoms with E-state index in [1.807, 2.05) is 4.90 Å². The average molecular weight is 242 g/mol. The zero-order valence-electron chi connectivity index (χ0n) is 10.5. The van der Waals surface area contributed by atoms with Gasteiger partial charge in [-0.2, -0.15) is 0 Å². The molecule has 2 heterocycles. The van der Waals surface area contributed by atoms with Crippen LogP contribution in [0.1, 0.15) is 19.8 Å². The molecule has 5 nitrogen and oxygen atoms in total. The molecule has 0 saturated carbocycles. The molecule has 2 atom stereocenters. The maximum atomic E-state index is 12.1. The Labute approximate surface area is 102 Å². The summed E-state index contributed by atoms with van der Waals surface area (Å²) in [4.78, 5) is 16.2. The van der Waals surface area contributed by atoms with Gasteiger partial charge >= 0.3 is 0 Å². The lowest BCUT2D eigenvalue weighted by atomic mass is 10.2. The van der Waals surface area contributed by atoms with Crippen molar-refractivity contribution < 1.29 is 14.6 Å². The lowest BCUT2D eigenvalue weighted by Crippen LogP contribution is -2.52. The molecule has 0 bridgehead atoms. The number of ether oxygens (including phenoxy) is 1. The summed E-state index contributed by atoms with van der Waals surface area (Å²) < 4.78 is 5.41. The van der Waals surface area contributed by atoms with Crippen molar-refractivity contribution in [2.45, 2.75) is 32.0 Å². The van der Waals surface area contributed by atoms with Gasteiger partial charge in [0, 0.05) is 39.3 Å². The van der Waals surface area contributed by atoms with Crippen molar-refractivity contribution in [1.82, 2.24) is 9.80 Å². The first-order valence-electron chi connectivity index (χ1n) is 6.47. The van der Waals surface area contributed by atoms with Crippen LogP contribution < -0.4 is 0 Å². The molecule has 2 saturated heterocycles. The molecular formula is C12H22N2O3. The third kappa shape index (κ3) is 3.40. The summed E-state index contributed by atoms with van der Waals surface area (Å²) in [6, 6.07) is 0. The SMILES string of the molecule is CC(O)CN1CCN(C(=O)C2CCCO2)CC1. The summed E-state index contributed by atoms with van der Waals surface area (Å²) in [5, 5.41) is 9.31. The lowest BCUT2D eigenvalue weighted by Gasteiger charge is -2.36. The van der Waals surface area contributed by atoms with E-state index >= 15 is 0 Å². The van der Waals surface area contributed by atoms with Crippen molar-refractivity contribution in [2.75, 3.05) is 39.3 Å². The molecule has 0 aromatic heterocycles. The summed E-state index contributed by atoms with van der Waals surface area (Å²) >= 11 is 0. The summed E-state index contributed by atoms with van der Waals surface area (Å²) in [7, 11) is 0. The fraction of sp³-hybridized carbons (Fsp3) is 0.917. The molecule has 0 aliphatic carbocycles. The number of rotatable bonds is 3. The van der Waals surface area contributed by atoms with Crippen molar-refractivity contribution in [1.29, 1.82) is 0 Å². The molecule has 0 aromatic rings. The van der Waals surface area contributed by atoms with E-state index in [9.17, 15) is 9.90 Å². The highest BCUT2D eigenvalue weighted by atomic mass is 16.5. The zero-order chi connectivity index (χ0) is 12.3. The summed E-state index contributed by atoms with van der Waals surface area (Å²) in [5.41, 5.74) is 0. The third-order valence-electron chi connectivity index (χ3n) is 3.41. The number of carbonyl (C=O) groups excluding carboxylic acids is 1. The predicted octanol–water partition coefficient (Wildman–Crippen LogP) is -0.310. The minimum Gasteiger partial charge on any atom is -0.392 e. The van der Waals surface area contributed by atoms with E-state index in [2.05, 4.69) is 4.90 Å². The molecule has 1 N–H and O–H groups in total. The molecule has 0 radical (unpaired) electrons. The van der Waals surface area contributed by atoms with Gasteiger partial charge in [0.1, 0.15) is 6.10 Å². The van der Waals surface area contributed by atoms with E-state index in [1.54, 1.807) is 6.92 Å². The van der Waals surface area contributed by atoms with E-state index in [0.717, 1.165) is 45.6 Å². The fourth-order valence-corrected chi connectivity index (χ4v) is 2.50. The Balaban J connectivity index is 1.76. The van der Waals surface area contributed by atoms with Crippen LogP contribution in [0.5, 0.6) is 0 Å². The van der Waals surface area contributed by atoms with Gasteiger partial charge in [-0.05, 0) is 19.8 Å². The Hall–Kier alpha value is -0.650. The Bertz CT molecular complexity index is 256. The minimum atomic E-state index is -0.296. The molecule has 1 amide bonds. The van der Waals surface area contributed by atoms with Crippen molar-refractivity contribution in [3.63, 3.8) is 0 Å². The molecule has 0 aromatic carbocycles. The molecule has 2 aliphatic heterocycles. The van der Waals surface area contributed by atoms with Crippen molar-refractivity contribution in [3.8, 4) is 0 Å². The number of aliphatic hydroxyl groups excluding tert-OH is 1. The van der Waals surface area contributed by atoms with Gasteiger partial charge in [-0.15, -0.1) is 0 Å². The van der Waals surface area contributed by atoms with Crippen LogP contribution >= 0.6 is 0 Å². The van der Waals surface area contributed by atoms with Gasteiger partial charge in [0.2, 0.25) is 0 Å². The van der Waals surface area contributed by atoms with Crippen molar-refractivity contribution >= 4 is 5.91 Å². The molecule has 2 rings (SSSR count). The van der Waals surface area contributed by atoms with Gasteiger partial charge in [-0.3, -0.25) is 9.69 Å². The van der Waals surface area contributed by atoms with E-state index < -0.39 is 0 Å². The molecule has 17 heavy (non-hydrogen) atoms. The summed E-state index contributed by atoms with van der Waals surface area (Å²) in [5.74, 6) is 0.152. The van der Waals surface area contributed by atoms with Gasteiger partial charge in [0.05, 0.1) is 6.10 Å². The fourth-order valence-electron chi connectivity index (χ4n) is 2.50. The quantitative estimate of drug-likeness (QED) is 0.737. The first-order chi connectivity index (χ1) is 8.16. The van der Waals surface area contributed by atoms with Crippen LogP contribution in [0.3, 0.4) is 0 Å². The molecular weight excluding hydrogens is 220 g/mol. The Morgan fingerprint density at radius 3 is 2.65 bits per heavy atom. The first kappa shape index (κ1) is 12.8. The van der Waals surface area contributed by atoms with Crippen LogP contribution in [0.2, 0.25) is 0 Å². The van der Waals surface area contributed by atoms with Crippen LogP contribution in [0.25, 0.3) is 0 Å². The largest absolute Gasteiger partial charge is 0.392 e. The van der Waals surface area contributed by atoms with Gasteiger partial charge < -0.3 is 14.7 Å². The molecule has 98 valence electrons. The van der Waals surface area contributed by atoms with Crippen LogP contribution in [-0.4, -0.2) is 72.4 Å². The number of β-amino-alcohol motifs (C(OH)–C–C–N with tert-alkyl or cyclic N) is 1. The Morgan fingerprint density at radius 1 is 1.41 bits per heavy atom. The van der Waals surface area contributed by atoms with Crippen LogP contribution in [0, 0.1) is 0 Å². The van der Waals surface area contributed by atoms with E-state index in [0.29, 0.717) is 6.54 Å². The van der Waals surface area contributed by atoms with Gasteiger partial charge in [0.15, 0.2) is 0 Å². The molecule has 5 heteroatoms. The number of amides is 1. The van der Waals surface area contributed by atoms with E-state index in [-0.39, 0.29) is 18.1 Å². The number of nitrogens with zero attached hydrogens (tertiary/aromatic N) is 2. The Kier molecular flexibility index (Phi) is 4.36. The topological polar surface area (TPSA) is 53.0 Å². The lowest BCUT2D eigenvalue weighted by molar-refractivity contribution is -0.142. The summed E-state index contributed by atoms with van der Waals surface area (Å²) in [6.07, 6.45) is 1.37. The maximum Gasteiger partial charge on any atom is 0.251 e. The molecule has 2 fully saturated rings. The Morgan fingerprint density at radius 2 is 2.12 bits per heavy atom. The van der Waals surface area contributed by atoms with Gasteiger partial charge in [-0.25, -0.2) is 0 Å². The second kappa shape index (κ2) is 5.80. The molecule has 2 aliphatic rings. The standard InChI is InChI=1S/C12H22N2O3/c1-10(15)9-13-4-6-14(7-5-13)12(16)11-3-2-8-17-11/h10-11,15H,2-9H2,1H3. The van der Waals surface area contributed by atoms with Gasteiger partial charge in [-0.1, -0.05) is 0 Å². The number of carbonyl (C=O) groups is 1. The second-order valence-corrected chi connectivity index (χ2v) is 4.98. The molecule has 2 unspecified atom stereocenters. The average Bonchev–Trinajstić information content (AvgIpc) is 2.82. The van der Waals surface area contributed by atoms with Crippen molar-refractivity contribution in [3.05, 3.63) is 0 Å². The predicted molar refractivity (Wildman–Crippen MR) is 63.7 cm³/mol. The number of piperazine rings is 1. The number of hydrogen-bond donors (Lipinski definition) is 1. The molecule has 0 spiro atoms. The number of hydrogen-bond acceptors (Lipinski definition) is 4. The highest BCUT2D eigenvalue weighted by Crippen LogP contribution is 2.15. The van der Waals surface area contributed by atoms with Crippen LogP contribution in [-0.2, 0) is 9.53 Å².